The van der Waals surface area contributed by atoms with Crippen LogP contribution in [0.2, 0.25) is 0 Å². The fourth-order valence-corrected chi connectivity index (χ4v) is 2.35. The van der Waals surface area contributed by atoms with Crippen molar-refractivity contribution in [3.05, 3.63) is 17.1 Å². The number of nitrogens with one attached hydrogen (secondary N) is 1. The van der Waals surface area contributed by atoms with Crippen LogP contribution < -0.4 is 5.32 Å². The maximum atomic E-state index is 5.77. The molecule has 5 heteroatoms. The van der Waals surface area contributed by atoms with Crippen molar-refractivity contribution in [3.63, 3.8) is 0 Å². The molecule has 2 rings (SSSR count). The SMILES string of the molecule is CCCC(OCC)c1nc2c(c(NC)n1)COCC2. The third-order valence-corrected chi connectivity index (χ3v) is 3.28. The molecule has 0 spiro atoms. The van der Waals surface area contributed by atoms with E-state index in [4.69, 9.17) is 14.5 Å². The number of rotatable bonds is 6. The number of hydrogen-bond donors (Lipinski definition) is 1. The molecule has 0 amide bonds. The summed E-state index contributed by atoms with van der Waals surface area (Å²) in [5, 5.41) is 3.15. The minimum atomic E-state index is -0.00440. The van der Waals surface area contributed by atoms with Crippen molar-refractivity contribution in [3.8, 4) is 0 Å². The lowest BCUT2D eigenvalue weighted by Gasteiger charge is -2.22. The summed E-state index contributed by atoms with van der Waals surface area (Å²) < 4.78 is 11.3. The topological polar surface area (TPSA) is 56.3 Å². The van der Waals surface area contributed by atoms with Gasteiger partial charge in [0.15, 0.2) is 5.82 Å². The molecule has 0 aromatic carbocycles. The highest BCUT2D eigenvalue weighted by Gasteiger charge is 2.21. The van der Waals surface area contributed by atoms with Crippen LogP contribution in [0.25, 0.3) is 0 Å². The van der Waals surface area contributed by atoms with Gasteiger partial charge in [0.05, 0.1) is 18.9 Å². The quantitative estimate of drug-likeness (QED) is 0.856. The zero-order chi connectivity index (χ0) is 13.7. The van der Waals surface area contributed by atoms with Gasteiger partial charge in [-0.25, -0.2) is 9.97 Å². The van der Waals surface area contributed by atoms with Crippen LogP contribution in [0.3, 0.4) is 0 Å². The molecule has 0 fully saturated rings. The summed E-state index contributed by atoms with van der Waals surface area (Å²) >= 11 is 0. The lowest BCUT2D eigenvalue weighted by molar-refractivity contribution is 0.0485. The standard InChI is InChI=1S/C14H23N3O2/c1-4-6-12(19-5-2)14-16-11-7-8-18-9-10(11)13(15-3)17-14/h12H,4-9H2,1-3H3,(H,15,16,17). The van der Waals surface area contributed by atoms with E-state index in [1.165, 1.54) is 0 Å². The Hall–Kier alpha value is -1.20. The second-order valence-electron chi connectivity index (χ2n) is 4.64. The van der Waals surface area contributed by atoms with Gasteiger partial charge in [0.25, 0.3) is 0 Å². The molecule has 19 heavy (non-hydrogen) atoms. The van der Waals surface area contributed by atoms with E-state index in [2.05, 4.69) is 17.2 Å². The molecule has 1 aliphatic rings. The van der Waals surface area contributed by atoms with Crippen molar-refractivity contribution in [2.24, 2.45) is 0 Å². The van der Waals surface area contributed by atoms with Crippen LogP contribution in [-0.4, -0.2) is 30.2 Å². The highest BCUT2D eigenvalue weighted by molar-refractivity contribution is 5.46. The first kappa shape index (κ1) is 14.2. The number of nitrogens with zero attached hydrogens (tertiary/aromatic N) is 2. The Bertz CT molecular complexity index is 400. The molecule has 0 aliphatic carbocycles. The minimum Gasteiger partial charge on any atom is -0.376 e. The van der Waals surface area contributed by atoms with Crippen LogP contribution in [0, 0.1) is 0 Å². The average molecular weight is 265 g/mol. The summed E-state index contributed by atoms with van der Waals surface area (Å²) in [5.74, 6) is 1.68. The fourth-order valence-electron chi connectivity index (χ4n) is 2.35. The normalized spacial score (nSPS) is 15.9. The summed E-state index contributed by atoms with van der Waals surface area (Å²) in [6.07, 6.45) is 2.86. The first-order valence-electron chi connectivity index (χ1n) is 7.06. The van der Waals surface area contributed by atoms with Crippen LogP contribution >= 0.6 is 0 Å². The van der Waals surface area contributed by atoms with Gasteiger partial charge in [-0.3, -0.25) is 0 Å². The molecule has 106 valence electrons. The van der Waals surface area contributed by atoms with Gasteiger partial charge < -0.3 is 14.8 Å². The van der Waals surface area contributed by atoms with E-state index in [0.29, 0.717) is 13.2 Å². The number of fused-ring (bicyclic) bond motifs is 1. The van der Waals surface area contributed by atoms with Crippen molar-refractivity contribution >= 4 is 5.82 Å². The third-order valence-electron chi connectivity index (χ3n) is 3.28. The van der Waals surface area contributed by atoms with Gasteiger partial charge >= 0.3 is 0 Å². The van der Waals surface area contributed by atoms with Gasteiger partial charge in [-0.2, -0.15) is 0 Å². The number of anilines is 1. The average Bonchev–Trinajstić information content (AvgIpc) is 2.46. The highest BCUT2D eigenvalue weighted by atomic mass is 16.5. The Balaban J connectivity index is 2.34. The highest BCUT2D eigenvalue weighted by Crippen LogP contribution is 2.26. The van der Waals surface area contributed by atoms with Gasteiger partial charge in [-0.15, -0.1) is 0 Å². The molecule has 0 bridgehead atoms. The van der Waals surface area contributed by atoms with E-state index >= 15 is 0 Å². The first-order chi connectivity index (χ1) is 9.30. The largest absolute Gasteiger partial charge is 0.376 e. The second-order valence-corrected chi connectivity index (χ2v) is 4.64. The van der Waals surface area contributed by atoms with E-state index < -0.39 is 0 Å². The number of hydrogen-bond acceptors (Lipinski definition) is 5. The molecular weight excluding hydrogens is 242 g/mol. The second kappa shape index (κ2) is 6.82. The molecule has 1 N–H and O–H groups in total. The predicted molar refractivity (Wildman–Crippen MR) is 74.2 cm³/mol. The molecule has 5 nitrogen and oxygen atoms in total. The molecule has 0 saturated carbocycles. The van der Waals surface area contributed by atoms with Crippen molar-refractivity contribution in [1.29, 1.82) is 0 Å². The molecule has 0 saturated heterocycles. The van der Waals surface area contributed by atoms with Crippen molar-refractivity contribution < 1.29 is 9.47 Å². The van der Waals surface area contributed by atoms with E-state index in [1.54, 1.807) is 0 Å². The summed E-state index contributed by atoms with van der Waals surface area (Å²) in [7, 11) is 1.89. The van der Waals surface area contributed by atoms with E-state index in [0.717, 1.165) is 48.8 Å². The summed E-state index contributed by atoms with van der Waals surface area (Å²) in [6, 6.07) is 0. The third kappa shape index (κ3) is 3.22. The van der Waals surface area contributed by atoms with Gasteiger partial charge in [0.2, 0.25) is 0 Å². The van der Waals surface area contributed by atoms with Crippen LogP contribution in [-0.2, 0) is 22.5 Å². The monoisotopic (exact) mass is 265 g/mol. The lowest BCUT2D eigenvalue weighted by atomic mass is 10.1. The molecule has 1 aromatic rings. The van der Waals surface area contributed by atoms with Crippen LogP contribution in [0.4, 0.5) is 5.82 Å². The summed E-state index contributed by atoms with van der Waals surface area (Å²) in [4.78, 5) is 9.32. The Morgan fingerprint density at radius 3 is 2.89 bits per heavy atom. The summed E-state index contributed by atoms with van der Waals surface area (Å²) in [5.41, 5.74) is 2.19. The Labute approximate surface area is 114 Å². The van der Waals surface area contributed by atoms with Gasteiger partial charge in [0, 0.05) is 25.6 Å². The van der Waals surface area contributed by atoms with Gasteiger partial charge in [-0.05, 0) is 13.3 Å². The minimum absolute atomic E-state index is 0.00440. The zero-order valence-electron chi connectivity index (χ0n) is 12.0. The Morgan fingerprint density at radius 1 is 1.37 bits per heavy atom. The van der Waals surface area contributed by atoms with Crippen molar-refractivity contribution in [2.45, 2.75) is 45.8 Å². The van der Waals surface area contributed by atoms with Gasteiger partial charge in [-0.1, -0.05) is 13.3 Å². The number of aromatic nitrogens is 2. The smallest absolute Gasteiger partial charge is 0.159 e. The molecule has 1 aromatic heterocycles. The van der Waals surface area contributed by atoms with Crippen molar-refractivity contribution in [2.75, 3.05) is 25.6 Å². The lowest BCUT2D eigenvalue weighted by Crippen LogP contribution is -2.19. The van der Waals surface area contributed by atoms with Crippen molar-refractivity contribution in [1.82, 2.24) is 9.97 Å². The summed E-state index contributed by atoms with van der Waals surface area (Å²) in [6.45, 7) is 6.17. The molecule has 1 atom stereocenters. The molecular formula is C14H23N3O2. The van der Waals surface area contributed by atoms with Gasteiger partial charge in [0.1, 0.15) is 11.9 Å². The molecule has 0 radical (unpaired) electrons. The fraction of sp³-hybridized carbons (Fsp3) is 0.714. The maximum Gasteiger partial charge on any atom is 0.159 e. The first-order valence-corrected chi connectivity index (χ1v) is 7.06. The van der Waals surface area contributed by atoms with Crippen LogP contribution in [0.5, 0.6) is 0 Å². The molecule has 1 unspecified atom stereocenters. The van der Waals surface area contributed by atoms with Crippen LogP contribution in [0.15, 0.2) is 0 Å². The number of ether oxygens (including phenoxy) is 2. The van der Waals surface area contributed by atoms with E-state index in [1.807, 2.05) is 14.0 Å². The van der Waals surface area contributed by atoms with E-state index in [-0.39, 0.29) is 6.10 Å². The zero-order valence-corrected chi connectivity index (χ0v) is 12.0. The van der Waals surface area contributed by atoms with Crippen LogP contribution in [0.1, 0.15) is 49.9 Å². The maximum absolute atomic E-state index is 5.77. The molecule has 1 aliphatic heterocycles. The predicted octanol–water partition coefficient (Wildman–Crippen LogP) is 2.47. The van der Waals surface area contributed by atoms with E-state index in [9.17, 15) is 0 Å². The Kier molecular flexibility index (Phi) is 5.10. The Morgan fingerprint density at radius 2 is 2.21 bits per heavy atom. The molecule has 2 heterocycles.